The monoisotopic (exact) mass is 420 g/mol. The maximum Gasteiger partial charge on any atom is 0.264 e. The van der Waals surface area contributed by atoms with Gasteiger partial charge in [0.05, 0.1) is 10.6 Å². The van der Waals surface area contributed by atoms with Crippen molar-refractivity contribution in [3.63, 3.8) is 0 Å². The zero-order valence-electron chi connectivity index (χ0n) is 13.1. The summed E-state index contributed by atoms with van der Waals surface area (Å²) in [6.45, 7) is 4.04. The van der Waals surface area contributed by atoms with Crippen molar-refractivity contribution in [2.24, 2.45) is 4.99 Å². The highest BCUT2D eigenvalue weighted by molar-refractivity contribution is 9.10. The Bertz CT molecular complexity index is 869. The molecule has 1 amide bonds. The molecule has 3 nitrogen and oxygen atoms in total. The first-order valence-corrected chi connectivity index (χ1v) is 9.23. The summed E-state index contributed by atoms with van der Waals surface area (Å²) < 4.78 is 1.08. The predicted octanol–water partition coefficient (Wildman–Crippen LogP) is 5.61. The lowest BCUT2D eigenvalue weighted by Gasteiger charge is -2.04. The van der Waals surface area contributed by atoms with Crippen LogP contribution in [0.25, 0.3) is 6.08 Å². The molecule has 3 rings (SSSR count). The molecular weight excluding hydrogens is 408 g/mol. The van der Waals surface area contributed by atoms with E-state index in [0.29, 0.717) is 15.1 Å². The molecule has 0 unspecified atom stereocenters. The van der Waals surface area contributed by atoms with Gasteiger partial charge in [0, 0.05) is 9.50 Å². The molecule has 0 saturated carbocycles. The minimum absolute atomic E-state index is 0.149. The van der Waals surface area contributed by atoms with Crippen molar-refractivity contribution in [2.75, 3.05) is 0 Å². The SMILES string of the molecule is Cc1cc(N=C2NC(=O)/C(=C/c3cccc(Cl)c3)S2)cc(C)c1Br. The zero-order valence-corrected chi connectivity index (χ0v) is 16.2. The number of amidine groups is 1. The Kier molecular flexibility index (Phi) is 5.13. The lowest BCUT2D eigenvalue weighted by atomic mass is 10.1. The molecule has 24 heavy (non-hydrogen) atoms. The van der Waals surface area contributed by atoms with Crippen LogP contribution in [-0.2, 0) is 4.79 Å². The van der Waals surface area contributed by atoms with Gasteiger partial charge in [-0.25, -0.2) is 4.99 Å². The molecule has 0 spiro atoms. The third-order valence-electron chi connectivity index (χ3n) is 3.45. The van der Waals surface area contributed by atoms with E-state index in [0.717, 1.165) is 26.9 Å². The fourth-order valence-corrected chi connectivity index (χ4v) is 3.60. The molecule has 1 aliphatic rings. The first-order chi connectivity index (χ1) is 11.4. The normalized spacial score (nSPS) is 17.6. The van der Waals surface area contributed by atoms with Gasteiger partial charge in [-0.2, -0.15) is 0 Å². The molecule has 0 bridgehead atoms. The number of thioether (sulfide) groups is 1. The smallest absolute Gasteiger partial charge is 0.264 e. The summed E-state index contributed by atoms with van der Waals surface area (Å²) in [6.07, 6.45) is 1.81. The number of amides is 1. The topological polar surface area (TPSA) is 41.5 Å². The maximum absolute atomic E-state index is 12.1. The van der Waals surface area contributed by atoms with Crippen LogP contribution < -0.4 is 5.32 Å². The van der Waals surface area contributed by atoms with Crippen LogP contribution in [0.2, 0.25) is 5.02 Å². The third-order valence-corrected chi connectivity index (χ3v) is 5.84. The maximum atomic E-state index is 12.1. The number of hydrogen-bond acceptors (Lipinski definition) is 3. The highest BCUT2D eigenvalue weighted by Crippen LogP contribution is 2.31. The number of halogens is 2. The second kappa shape index (κ2) is 7.13. The minimum Gasteiger partial charge on any atom is -0.300 e. The van der Waals surface area contributed by atoms with Gasteiger partial charge in [-0.1, -0.05) is 39.7 Å². The van der Waals surface area contributed by atoms with E-state index in [1.165, 1.54) is 11.8 Å². The summed E-state index contributed by atoms with van der Waals surface area (Å²) in [4.78, 5) is 17.3. The second-order valence-corrected chi connectivity index (χ2v) is 7.69. The van der Waals surface area contributed by atoms with E-state index in [1.807, 2.05) is 50.3 Å². The summed E-state index contributed by atoms with van der Waals surface area (Å²) in [5.41, 5.74) is 3.92. The van der Waals surface area contributed by atoms with Crippen LogP contribution in [0.1, 0.15) is 16.7 Å². The number of nitrogens with zero attached hydrogens (tertiary/aromatic N) is 1. The molecule has 2 aromatic rings. The summed E-state index contributed by atoms with van der Waals surface area (Å²) in [7, 11) is 0. The number of carbonyl (C=O) groups is 1. The Morgan fingerprint density at radius 1 is 1.21 bits per heavy atom. The standard InChI is InChI=1S/C18H14BrClN2OS/c1-10-6-14(7-11(2)16(10)19)21-18-22-17(23)15(24-18)9-12-4-3-5-13(20)8-12/h3-9H,1-2H3,(H,21,22,23)/b15-9-. The van der Waals surface area contributed by atoms with Crippen LogP contribution in [0.4, 0.5) is 5.69 Å². The van der Waals surface area contributed by atoms with Crippen LogP contribution in [0.15, 0.2) is 50.8 Å². The van der Waals surface area contributed by atoms with Crippen molar-refractivity contribution in [3.05, 3.63) is 67.5 Å². The molecule has 1 heterocycles. The van der Waals surface area contributed by atoms with Gasteiger partial charge in [-0.3, -0.25) is 4.79 Å². The van der Waals surface area contributed by atoms with E-state index >= 15 is 0 Å². The van der Waals surface area contributed by atoms with Gasteiger partial charge < -0.3 is 5.32 Å². The summed E-state index contributed by atoms with van der Waals surface area (Å²) in [5.74, 6) is -0.149. The van der Waals surface area contributed by atoms with Crippen LogP contribution in [0.5, 0.6) is 0 Å². The van der Waals surface area contributed by atoms with Gasteiger partial charge in [0.25, 0.3) is 5.91 Å². The van der Waals surface area contributed by atoms with E-state index < -0.39 is 0 Å². The zero-order chi connectivity index (χ0) is 17.3. The number of aliphatic imine (C=N–C) groups is 1. The Morgan fingerprint density at radius 3 is 2.58 bits per heavy atom. The molecule has 1 N–H and O–H groups in total. The van der Waals surface area contributed by atoms with Crippen molar-refractivity contribution < 1.29 is 4.79 Å². The van der Waals surface area contributed by atoms with E-state index in [9.17, 15) is 4.79 Å². The first-order valence-electron chi connectivity index (χ1n) is 7.24. The van der Waals surface area contributed by atoms with Crippen molar-refractivity contribution in [1.29, 1.82) is 0 Å². The quantitative estimate of drug-likeness (QED) is 0.640. The summed E-state index contributed by atoms with van der Waals surface area (Å²) in [6, 6.07) is 11.3. The molecule has 122 valence electrons. The van der Waals surface area contributed by atoms with Gasteiger partial charge in [0.15, 0.2) is 5.17 Å². The molecule has 0 aromatic heterocycles. The Morgan fingerprint density at radius 2 is 1.92 bits per heavy atom. The number of benzene rings is 2. The fourth-order valence-electron chi connectivity index (χ4n) is 2.33. The van der Waals surface area contributed by atoms with E-state index in [1.54, 1.807) is 6.07 Å². The number of rotatable bonds is 2. The molecular formula is C18H14BrClN2OS. The predicted molar refractivity (Wildman–Crippen MR) is 106 cm³/mol. The van der Waals surface area contributed by atoms with Gasteiger partial charge in [0.1, 0.15) is 0 Å². The van der Waals surface area contributed by atoms with Crippen LogP contribution in [0, 0.1) is 13.8 Å². The molecule has 1 fully saturated rings. The molecule has 1 saturated heterocycles. The number of carbonyl (C=O) groups excluding carboxylic acids is 1. The Labute approximate surface area is 158 Å². The third kappa shape index (κ3) is 3.91. The Hall–Kier alpha value is -1.56. The van der Waals surface area contributed by atoms with Gasteiger partial charge >= 0.3 is 0 Å². The molecule has 6 heteroatoms. The second-order valence-electron chi connectivity index (χ2n) is 5.43. The van der Waals surface area contributed by atoms with E-state index in [-0.39, 0.29) is 5.91 Å². The number of aryl methyl sites for hydroxylation is 2. The average Bonchev–Trinajstić information content (AvgIpc) is 2.84. The molecule has 1 aliphatic heterocycles. The van der Waals surface area contributed by atoms with Crippen molar-refractivity contribution in [1.82, 2.24) is 5.32 Å². The van der Waals surface area contributed by atoms with Crippen LogP contribution in [0.3, 0.4) is 0 Å². The first kappa shape index (κ1) is 17.3. The summed E-state index contributed by atoms with van der Waals surface area (Å²) in [5, 5.41) is 4.02. The highest BCUT2D eigenvalue weighted by atomic mass is 79.9. The van der Waals surface area contributed by atoms with E-state index in [2.05, 4.69) is 26.2 Å². The molecule has 0 radical (unpaired) electrons. The highest BCUT2D eigenvalue weighted by Gasteiger charge is 2.23. The van der Waals surface area contributed by atoms with Gasteiger partial charge in [0.2, 0.25) is 0 Å². The van der Waals surface area contributed by atoms with Gasteiger partial charge in [-0.05, 0) is 72.6 Å². The molecule has 2 aromatic carbocycles. The Balaban J connectivity index is 1.87. The molecule has 0 atom stereocenters. The largest absolute Gasteiger partial charge is 0.300 e. The van der Waals surface area contributed by atoms with Crippen molar-refractivity contribution >= 4 is 62.1 Å². The van der Waals surface area contributed by atoms with E-state index in [4.69, 9.17) is 11.6 Å². The lowest BCUT2D eigenvalue weighted by molar-refractivity contribution is -0.115. The van der Waals surface area contributed by atoms with Crippen LogP contribution >= 0.6 is 39.3 Å². The number of nitrogens with one attached hydrogen (secondary N) is 1. The van der Waals surface area contributed by atoms with Gasteiger partial charge in [-0.15, -0.1) is 0 Å². The van der Waals surface area contributed by atoms with Crippen LogP contribution in [-0.4, -0.2) is 11.1 Å². The van der Waals surface area contributed by atoms with Crippen molar-refractivity contribution in [3.8, 4) is 0 Å². The summed E-state index contributed by atoms with van der Waals surface area (Å²) >= 11 is 10.9. The minimum atomic E-state index is -0.149. The fraction of sp³-hybridized carbons (Fsp3) is 0.111. The molecule has 0 aliphatic carbocycles. The average molecular weight is 422 g/mol. The van der Waals surface area contributed by atoms with Crippen molar-refractivity contribution in [2.45, 2.75) is 13.8 Å². The lowest BCUT2D eigenvalue weighted by Crippen LogP contribution is -2.19. The number of hydrogen-bond donors (Lipinski definition) is 1.